The number of morpholine rings is 1. The van der Waals surface area contributed by atoms with Crippen molar-refractivity contribution in [1.82, 2.24) is 5.32 Å². The van der Waals surface area contributed by atoms with E-state index >= 15 is 0 Å². The highest BCUT2D eigenvalue weighted by Crippen LogP contribution is 2.26. The largest absolute Gasteiger partial charge is 0.378 e. The highest BCUT2D eigenvalue weighted by atomic mass is 32.2. The van der Waals surface area contributed by atoms with E-state index in [-0.39, 0.29) is 17.9 Å². The number of allylic oxidation sites excluding steroid dienone is 1. The third kappa shape index (κ3) is 10.3. The molecule has 1 unspecified atom stereocenters. The van der Waals surface area contributed by atoms with Crippen LogP contribution in [-0.4, -0.2) is 63.4 Å². The SMILES string of the molecule is CC(C)(C)/C=C/c1ccc(C(Cc2ccc(C(=O)NCCS(=O)(=O)O)cc2)C(=O)Nc2ccc(N3CCOCC3)cc2)cc1. The quantitative estimate of drug-likeness (QED) is 0.253. The number of ether oxygens (including phenoxy) is 1. The summed E-state index contributed by atoms with van der Waals surface area (Å²) >= 11 is 0. The van der Waals surface area contributed by atoms with Crippen LogP contribution < -0.4 is 15.5 Å². The van der Waals surface area contributed by atoms with Crippen LogP contribution >= 0.6 is 0 Å². The third-order valence-corrected chi connectivity index (χ3v) is 7.96. The monoisotopic (exact) mass is 619 g/mol. The van der Waals surface area contributed by atoms with Gasteiger partial charge < -0.3 is 20.3 Å². The Kier molecular flexibility index (Phi) is 11.0. The summed E-state index contributed by atoms with van der Waals surface area (Å²) in [7, 11) is -4.16. The van der Waals surface area contributed by atoms with Gasteiger partial charge in [-0.25, -0.2) is 0 Å². The second-order valence-electron chi connectivity index (χ2n) is 12.0. The van der Waals surface area contributed by atoms with Gasteiger partial charge in [0.25, 0.3) is 16.0 Å². The summed E-state index contributed by atoms with van der Waals surface area (Å²) in [5, 5.41) is 5.57. The molecule has 1 aliphatic heterocycles. The molecule has 1 atom stereocenters. The smallest absolute Gasteiger partial charge is 0.266 e. The molecule has 4 rings (SSSR count). The molecule has 0 spiro atoms. The zero-order valence-corrected chi connectivity index (χ0v) is 26.3. The third-order valence-electron chi connectivity index (χ3n) is 7.24. The Morgan fingerprint density at radius 2 is 1.59 bits per heavy atom. The fraction of sp³-hybridized carbons (Fsp3) is 0.353. The van der Waals surface area contributed by atoms with Crippen LogP contribution in [0, 0.1) is 5.41 Å². The first kappa shape index (κ1) is 32.9. The lowest BCUT2D eigenvalue weighted by molar-refractivity contribution is -0.117. The first-order chi connectivity index (χ1) is 20.9. The molecule has 3 aromatic rings. The lowest BCUT2D eigenvalue weighted by Gasteiger charge is -2.29. The van der Waals surface area contributed by atoms with Gasteiger partial charge >= 0.3 is 0 Å². The van der Waals surface area contributed by atoms with Crippen LogP contribution in [0.15, 0.2) is 78.9 Å². The van der Waals surface area contributed by atoms with Crippen molar-refractivity contribution in [1.29, 1.82) is 0 Å². The first-order valence-corrected chi connectivity index (χ1v) is 16.3. The first-order valence-electron chi connectivity index (χ1n) is 14.7. The number of carbonyl (C=O) groups excluding carboxylic acids is 2. The minimum absolute atomic E-state index is 0.0536. The minimum atomic E-state index is -4.16. The van der Waals surface area contributed by atoms with Crippen molar-refractivity contribution in [2.24, 2.45) is 5.41 Å². The van der Waals surface area contributed by atoms with Crippen molar-refractivity contribution in [3.05, 3.63) is 101 Å². The Labute approximate surface area is 260 Å². The number of amides is 2. The van der Waals surface area contributed by atoms with E-state index in [1.54, 1.807) is 24.3 Å². The van der Waals surface area contributed by atoms with Gasteiger partial charge in [0, 0.05) is 36.6 Å². The Bertz CT molecular complexity index is 1540. The predicted molar refractivity (Wildman–Crippen MR) is 175 cm³/mol. The van der Waals surface area contributed by atoms with Gasteiger partial charge in [-0.3, -0.25) is 14.1 Å². The average Bonchev–Trinajstić information content (AvgIpc) is 2.99. The van der Waals surface area contributed by atoms with Crippen molar-refractivity contribution in [2.75, 3.05) is 48.8 Å². The van der Waals surface area contributed by atoms with E-state index < -0.39 is 27.7 Å². The molecule has 234 valence electrons. The van der Waals surface area contributed by atoms with E-state index in [2.05, 4.69) is 48.5 Å². The zero-order chi connectivity index (χ0) is 31.7. The van der Waals surface area contributed by atoms with Gasteiger partial charge in [-0.2, -0.15) is 8.42 Å². The zero-order valence-electron chi connectivity index (χ0n) is 25.5. The molecule has 9 nitrogen and oxygen atoms in total. The number of hydrogen-bond acceptors (Lipinski definition) is 6. The van der Waals surface area contributed by atoms with Gasteiger partial charge in [0.2, 0.25) is 5.91 Å². The summed E-state index contributed by atoms with van der Waals surface area (Å²) in [4.78, 5) is 28.4. The van der Waals surface area contributed by atoms with Crippen LogP contribution in [0.3, 0.4) is 0 Å². The molecule has 2 amide bonds. The van der Waals surface area contributed by atoms with Gasteiger partial charge in [0.1, 0.15) is 0 Å². The molecule has 3 aromatic carbocycles. The van der Waals surface area contributed by atoms with E-state index in [1.165, 1.54) is 0 Å². The molecule has 0 radical (unpaired) electrons. The van der Waals surface area contributed by atoms with Gasteiger partial charge in [-0.15, -0.1) is 0 Å². The number of nitrogens with zero attached hydrogens (tertiary/aromatic N) is 1. The molecule has 44 heavy (non-hydrogen) atoms. The molecular weight excluding hydrogens is 578 g/mol. The van der Waals surface area contributed by atoms with Crippen molar-refractivity contribution < 1.29 is 27.3 Å². The highest BCUT2D eigenvalue weighted by molar-refractivity contribution is 7.85. The highest BCUT2D eigenvalue weighted by Gasteiger charge is 2.22. The summed E-state index contributed by atoms with van der Waals surface area (Å²) in [6, 6.07) is 22.7. The van der Waals surface area contributed by atoms with Crippen molar-refractivity contribution in [3.63, 3.8) is 0 Å². The van der Waals surface area contributed by atoms with Gasteiger partial charge in [-0.05, 0) is 64.9 Å². The molecule has 1 fully saturated rings. The number of benzene rings is 3. The summed E-state index contributed by atoms with van der Waals surface area (Å²) in [6.07, 6.45) is 4.63. The Balaban J connectivity index is 1.50. The summed E-state index contributed by atoms with van der Waals surface area (Å²) < 4.78 is 36.2. The fourth-order valence-electron chi connectivity index (χ4n) is 4.78. The lowest BCUT2D eigenvalue weighted by Crippen LogP contribution is -2.36. The maximum absolute atomic E-state index is 13.7. The second kappa shape index (κ2) is 14.7. The molecule has 0 saturated carbocycles. The Morgan fingerprint density at radius 1 is 0.955 bits per heavy atom. The molecule has 0 aromatic heterocycles. The standard InChI is InChI=1S/C34H41N3O6S/c1-34(2,3)17-16-25-4-8-27(9-5-25)31(24-26-6-10-28(11-7-26)32(38)35-18-23-44(40,41)42)33(39)36-29-12-14-30(15-13-29)37-19-21-43-22-20-37/h4-17,31H,18-24H2,1-3H3,(H,35,38)(H,36,39)(H,40,41,42)/b17-16+. The number of rotatable bonds is 11. The number of anilines is 2. The topological polar surface area (TPSA) is 125 Å². The molecule has 1 heterocycles. The summed E-state index contributed by atoms with van der Waals surface area (Å²) in [5.74, 6) is -1.65. The molecular formula is C34H41N3O6S. The van der Waals surface area contributed by atoms with Crippen molar-refractivity contribution in [3.8, 4) is 0 Å². The van der Waals surface area contributed by atoms with Gasteiger partial charge in [-0.1, -0.05) is 69.3 Å². The predicted octanol–water partition coefficient (Wildman–Crippen LogP) is 5.17. The number of carbonyl (C=O) groups is 2. The molecule has 0 bridgehead atoms. The van der Waals surface area contributed by atoms with E-state index in [0.29, 0.717) is 30.9 Å². The van der Waals surface area contributed by atoms with E-state index in [4.69, 9.17) is 9.29 Å². The number of hydrogen-bond donors (Lipinski definition) is 3. The van der Waals surface area contributed by atoms with Crippen LogP contribution in [-0.2, 0) is 26.1 Å². The molecule has 0 aliphatic carbocycles. The lowest BCUT2D eigenvalue weighted by atomic mass is 9.89. The maximum Gasteiger partial charge on any atom is 0.266 e. The van der Waals surface area contributed by atoms with Crippen molar-refractivity contribution in [2.45, 2.75) is 33.1 Å². The Morgan fingerprint density at radius 3 is 2.18 bits per heavy atom. The minimum Gasteiger partial charge on any atom is -0.378 e. The average molecular weight is 620 g/mol. The maximum atomic E-state index is 13.7. The molecule has 1 saturated heterocycles. The normalized spacial score (nSPS) is 14.8. The van der Waals surface area contributed by atoms with Crippen LogP contribution in [0.4, 0.5) is 11.4 Å². The Hall–Kier alpha value is -3.99. The summed E-state index contributed by atoms with van der Waals surface area (Å²) in [5.41, 5.74) is 4.97. The number of nitrogens with one attached hydrogen (secondary N) is 2. The van der Waals surface area contributed by atoms with Crippen molar-refractivity contribution >= 4 is 39.4 Å². The van der Waals surface area contributed by atoms with E-state index in [9.17, 15) is 18.0 Å². The van der Waals surface area contributed by atoms with E-state index in [0.717, 1.165) is 35.5 Å². The van der Waals surface area contributed by atoms with Gasteiger partial charge in [0.15, 0.2) is 0 Å². The molecule has 1 aliphatic rings. The fourth-order valence-corrected chi connectivity index (χ4v) is 5.14. The molecule has 3 N–H and O–H groups in total. The van der Waals surface area contributed by atoms with E-state index in [1.807, 2.05) is 48.5 Å². The second-order valence-corrected chi connectivity index (χ2v) is 13.6. The van der Waals surface area contributed by atoms with Crippen LogP contribution in [0.1, 0.15) is 53.7 Å². The van der Waals surface area contributed by atoms with Crippen LogP contribution in [0.2, 0.25) is 0 Å². The van der Waals surface area contributed by atoms with Crippen LogP contribution in [0.5, 0.6) is 0 Å². The van der Waals surface area contributed by atoms with Gasteiger partial charge in [0.05, 0.1) is 24.9 Å². The summed E-state index contributed by atoms with van der Waals surface area (Å²) in [6.45, 7) is 9.28. The van der Waals surface area contributed by atoms with Crippen LogP contribution in [0.25, 0.3) is 6.08 Å². The molecule has 10 heteroatoms.